The number of rotatable bonds is 6. The van der Waals surface area contributed by atoms with Crippen LogP contribution in [-0.4, -0.2) is 73.3 Å². The molecule has 242 valence electrons. The van der Waals surface area contributed by atoms with E-state index in [1.165, 1.54) is 7.11 Å². The Hall–Kier alpha value is -3.67. The van der Waals surface area contributed by atoms with E-state index in [1.54, 1.807) is 18.2 Å². The average molecular weight is 668 g/mol. The Morgan fingerprint density at radius 1 is 1.00 bits per heavy atom. The monoisotopic (exact) mass is 666 g/mol. The number of dihydropyridines is 1. The number of nitrogens with zero attached hydrogens (tertiary/aromatic N) is 3. The van der Waals surface area contributed by atoms with Gasteiger partial charge in [0.15, 0.2) is 5.69 Å². The molecular formula is C34H36Cl2N4O6. The van der Waals surface area contributed by atoms with Gasteiger partial charge in [-0.15, -0.1) is 0 Å². The van der Waals surface area contributed by atoms with Crippen molar-refractivity contribution in [2.75, 3.05) is 40.5 Å². The fourth-order valence-corrected chi connectivity index (χ4v) is 6.40. The second-order valence-electron chi connectivity index (χ2n) is 12.1. The maximum absolute atomic E-state index is 12.9. The second kappa shape index (κ2) is 13.2. The highest BCUT2D eigenvalue weighted by atomic mass is 35.5. The maximum Gasteiger partial charge on any atom is 0.410 e. The van der Waals surface area contributed by atoms with Gasteiger partial charge in [-0.2, -0.15) is 0 Å². The molecule has 0 bridgehead atoms. The lowest BCUT2D eigenvalue weighted by Crippen LogP contribution is -2.45. The molecule has 1 amide bonds. The van der Waals surface area contributed by atoms with Crippen molar-refractivity contribution in [2.45, 2.75) is 45.3 Å². The molecule has 1 unspecified atom stereocenters. The first-order valence-electron chi connectivity index (χ1n) is 15.0. The predicted molar refractivity (Wildman–Crippen MR) is 175 cm³/mol. The first-order valence-corrected chi connectivity index (χ1v) is 15.8. The van der Waals surface area contributed by atoms with E-state index in [2.05, 4.69) is 15.3 Å². The van der Waals surface area contributed by atoms with Crippen LogP contribution in [0.5, 0.6) is 5.88 Å². The number of hydrogen-bond acceptors (Lipinski definition) is 9. The lowest BCUT2D eigenvalue weighted by Gasteiger charge is -2.37. The third-order valence-electron chi connectivity index (χ3n) is 7.89. The summed E-state index contributed by atoms with van der Waals surface area (Å²) in [4.78, 5) is 23.8. The van der Waals surface area contributed by atoms with E-state index in [0.717, 1.165) is 33.5 Å². The topological polar surface area (TPSA) is 104 Å². The molecular weight excluding hydrogens is 631 g/mol. The molecule has 10 nitrogen and oxygen atoms in total. The van der Waals surface area contributed by atoms with Gasteiger partial charge in [0, 0.05) is 48.2 Å². The van der Waals surface area contributed by atoms with Gasteiger partial charge in [0.1, 0.15) is 11.8 Å². The number of carbonyl (C=O) groups is 1. The van der Waals surface area contributed by atoms with Crippen LogP contribution in [0.4, 0.5) is 4.79 Å². The van der Waals surface area contributed by atoms with E-state index < -0.39 is 11.9 Å². The molecule has 2 aromatic carbocycles. The van der Waals surface area contributed by atoms with Gasteiger partial charge in [0.05, 0.1) is 42.3 Å². The molecule has 3 aliphatic heterocycles. The van der Waals surface area contributed by atoms with E-state index in [0.29, 0.717) is 65.6 Å². The van der Waals surface area contributed by atoms with Crippen molar-refractivity contribution >= 4 is 35.0 Å². The highest BCUT2D eigenvalue weighted by Crippen LogP contribution is 2.42. The Morgan fingerprint density at radius 2 is 1.65 bits per heavy atom. The second-order valence-corrected chi connectivity index (χ2v) is 12.8. The number of nitrogens with one attached hydrogen (secondary N) is 1. The summed E-state index contributed by atoms with van der Waals surface area (Å²) in [5.41, 5.74) is 6.20. The first-order chi connectivity index (χ1) is 22.1. The molecule has 0 radical (unpaired) electrons. The standard InChI is InChI=1S/C34H36Cl2N4O6/c1-34(2,3)46-33(41)40-13-12-20-19(18-40)16-25(38-30(20)42-4)23-10-6-8-21(27(23)35)22-9-7-11-24(28(22)36)26-17-37-29(31(39-26)43-5)32-44-14-15-45-32/h6-11,16-17,30,32,38H,12-15,18H2,1-5H3. The minimum Gasteiger partial charge on any atom is -0.480 e. The van der Waals surface area contributed by atoms with Crippen LogP contribution in [0, 0.1) is 0 Å². The van der Waals surface area contributed by atoms with Crippen LogP contribution in [0.15, 0.2) is 59.8 Å². The van der Waals surface area contributed by atoms with Crippen LogP contribution < -0.4 is 10.1 Å². The van der Waals surface area contributed by atoms with Crippen LogP contribution in [-0.2, 0) is 18.9 Å². The Morgan fingerprint density at radius 3 is 2.30 bits per heavy atom. The summed E-state index contributed by atoms with van der Waals surface area (Å²) in [5, 5.41) is 4.46. The van der Waals surface area contributed by atoms with Crippen molar-refractivity contribution in [3.8, 4) is 28.3 Å². The zero-order chi connectivity index (χ0) is 32.6. The van der Waals surface area contributed by atoms with Crippen molar-refractivity contribution in [3.63, 3.8) is 0 Å². The highest BCUT2D eigenvalue weighted by Gasteiger charge is 2.33. The number of carbonyl (C=O) groups excluding carboxylic acids is 1. The van der Waals surface area contributed by atoms with Crippen molar-refractivity contribution in [1.82, 2.24) is 20.2 Å². The third kappa shape index (κ3) is 6.45. The molecule has 6 rings (SSSR count). The molecule has 4 heterocycles. The minimum atomic E-state index is -0.624. The smallest absolute Gasteiger partial charge is 0.410 e. The highest BCUT2D eigenvalue weighted by molar-refractivity contribution is 6.38. The average Bonchev–Trinajstić information content (AvgIpc) is 3.58. The number of methoxy groups -OCH3 is 2. The van der Waals surface area contributed by atoms with Crippen LogP contribution in [0.1, 0.15) is 44.7 Å². The van der Waals surface area contributed by atoms with E-state index in [-0.39, 0.29) is 12.3 Å². The minimum absolute atomic E-state index is 0.301. The SMILES string of the molecule is COc1nc(-c2cccc(-c3cccc(C4=CC5=C(CCN(C(=O)OC(C)(C)C)C5)C(OC)N4)c3Cl)c2Cl)cnc1C1OCCO1. The van der Waals surface area contributed by atoms with Crippen LogP contribution in [0.25, 0.3) is 28.1 Å². The summed E-state index contributed by atoms with van der Waals surface area (Å²) in [6.07, 6.45) is 3.00. The maximum atomic E-state index is 12.9. The van der Waals surface area contributed by atoms with Gasteiger partial charge < -0.3 is 33.9 Å². The van der Waals surface area contributed by atoms with Gasteiger partial charge in [-0.05, 0) is 44.4 Å². The van der Waals surface area contributed by atoms with Crippen molar-refractivity contribution in [3.05, 3.63) is 81.1 Å². The molecule has 12 heteroatoms. The summed E-state index contributed by atoms with van der Waals surface area (Å²) in [6, 6.07) is 11.5. The molecule has 0 aliphatic carbocycles. The summed E-state index contributed by atoms with van der Waals surface area (Å²) in [5.74, 6) is 0.301. The fraction of sp³-hybridized carbons (Fsp3) is 0.382. The molecule has 1 atom stereocenters. The van der Waals surface area contributed by atoms with E-state index >= 15 is 0 Å². The number of hydrogen-bond donors (Lipinski definition) is 1. The number of ether oxygens (including phenoxy) is 5. The molecule has 0 saturated carbocycles. The van der Waals surface area contributed by atoms with E-state index in [1.807, 2.05) is 63.2 Å². The molecule has 3 aromatic rings. The lowest BCUT2D eigenvalue weighted by molar-refractivity contribution is -0.0491. The summed E-state index contributed by atoms with van der Waals surface area (Å²) in [7, 11) is 3.19. The molecule has 1 fully saturated rings. The van der Waals surface area contributed by atoms with Gasteiger partial charge in [-0.3, -0.25) is 0 Å². The van der Waals surface area contributed by atoms with Gasteiger partial charge in [0.25, 0.3) is 0 Å². The van der Waals surface area contributed by atoms with Crippen molar-refractivity contribution < 1.29 is 28.5 Å². The van der Waals surface area contributed by atoms with E-state index in [9.17, 15) is 4.79 Å². The zero-order valence-electron chi connectivity index (χ0n) is 26.4. The quantitative estimate of drug-likeness (QED) is 0.297. The van der Waals surface area contributed by atoms with Gasteiger partial charge >= 0.3 is 6.09 Å². The zero-order valence-corrected chi connectivity index (χ0v) is 27.9. The van der Waals surface area contributed by atoms with Crippen LogP contribution in [0.2, 0.25) is 10.0 Å². The predicted octanol–water partition coefficient (Wildman–Crippen LogP) is 7.03. The molecule has 1 aromatic heterocycles. The molecule has 0 spiro atoms. The molecule has 46 heavy (non-hydrogen) atoms. The lowest BCUT2D eigenvalue weighted by atomic mass is 9.92. The Bertz CT molecular complexity index is 1710. The fourth-order valence-electron chi connectivity index (χ4n) is 5.75. The molecule has 3 aliphatic rings. The van der Waals surface area contributed by atoms with Crippen LogP contribution >= 0.6 is 23.2 Å². The normalized spacial score (nSPS) is 18.6. The number of benzene rings is 2. The van der Waals surface area contributed by atoms with Gasteiger partial charge in [-0.25, -0.2) is 14.8 Å². The Balaban J connectivity index is 1.33. The number of amides is 1. The Kier molecular flexibility index (Phi) is 9.27. The number of aromatic nitrogens is 2. The summed E-state index contributed by atoms with van der Waals surface area (Å²) < 4.78 is 28.2. The largest absolute Gasteiger partial charge is 0.480 e. The third-order valence-corrected chi connectivity index (χ3v) is 8.71. The Labute approximate surface area is 278 Å². The summed E-state index contributed by atoms with van der Waals surface area (Å²) >= 11 is 14.2. The van der Waals surface area contributed by atoms with E-state index in [4.69, 9.17) is 46.9 Å². The van der Waals surface area contributed by atoms with Crippen molar-refractivity contribution in [1.29, 1.82) is 0 Å². The van der Waals surface area contributed by atoms with Gasteiger partial charge in [0.2, 0.25) is 12.2 Å². The number of halogens is 2. The summed E-state index contributed by atoms with van der Waals surface area (Å²) in [6.45, 7) is 7.50. The molecule has 1 N–H and O–H groups in total. The van der Waals surface area contributed by atoms with Crippen molar-refractivity contribution in [2.24, 2.45) is 0 Å². The van der Waals surface area contributed by atoms with Crippen LogP contribution in [0.3, 0.4) is 0 Å². The first kappa shape index (κ1) is 32.3. The van der Waals surface area contributed by atoms with Gasteiger partial charge in [-0.1, -0.05) is 59.6 Å². The molecule has 1 saturated heterocycles.